The highest BCUT2D eigenvalue weighted by Gasteiger charge is 2.36. The van der Waals surface area contributed by atoms with Crippen LogP contribution in [0.25, 0.3) is 0 Å². The summed E-state index contributed by atoms with van der Waals surface area (Å²) in [5.41, 5.74) is 0.885. The van der Waals surface area contributed by atoms with Crippen molar-refractivity contribution >= 4 is 11.8 Å². The van der Waals surface area contributed by atoms with Crippen molar-refractivity contribution in [1.29, 1.82) is 0 Å². The first-order valence-electron chi connectivity index (χ1n) is 8.97. The topological polar surface area (TPSA) is 40.6 Å². The van der Waals surface area contributed by atoms with Crippen LogP contribution in [0.15, 0.2) is 30.3 Å². The van der Waals surface area contributed by atoms with E-state index in [1.54, 1.807) is 11.8 Å². The van der Waals surface area contributed by atoms with E-state index in [2.05, 4.69) is 0 Å². The SMILES string of the molecule is CCCN(CC(F)(F)F)C(=O)C1CCCN(C(=O)Cc2ccccc2)C1. The van der Waals surface area contributed by atoms with E-state index in [9.17, 15) is 22.8 Å². The van der Waals surface area contributed by atoms with Gasteiger partial charge in [-0.1, -0.05) is 37.3 Å². The molecule has 144 valence electrons. The summed E-state index contributed by atoms with van der Waals surface area (Å²) in [6, 6.07) is 9.29. The first-order chi connectivity index (χ1) is 12.3. The largest absolute Gasteiger partial charge is 0.406 e. The summed E-state index contributed by atoms with van der Waals surface area (Å²) in [7, 11) is 0. The van der Waals surface area contributed by atoms with Gasteiger partial charge in [-0.3, -0.25) is 9.59 Å². The fraction of sp³-hybridized carbons (Fsp3) is 0.579. The van der Waals surface area contributed by atoms with Crippen LogP contribution in [0.4, 0.5) is 13.2 Å². The number of alkyl halides is 3. The summed E-state index contributed by atoms with van der Waals surface area (Å²) in [6.45, 7) is 1.33. The minimum absolute atomic E-state index is 0.0762. The Kier molecular flexibility index (Phi) is 7.06. The quantitative estimate of drug-likeness (QED) is 0.771. The van der Waals surface area contributed by atoms with Crippen LogP contribution in [0.5, 0.6) is 0 Å². The molecule has 7 heteroatoms. The lowest BCUT2D eigenvalue weighted by Gasteiger charge is -2.35. The van der Waals surface area contributed by atoms with Crippen LogP contribution in [0, 0.1) is 5.92 Å². The second-order valence-electron chi connectivity index (χ2n) is 6.72. The normalized spacial score (nSPS) is 17.8. The number of amides is 2. The van der Waals surface area contributed by atoms with Crippen molar-refractivity contribution in [2.45, 2.75) is 38.8 Å². The summed E-state index contributed by atoms with van der Waals surface area (Å²) < 4.78 is 38.2. The Labute approximate surface area is 152 Å². The van der Waals surface area contributed by atoms with Crippen molar-refractivity contribution < 1.29 is 22.8 Å². The minimum Gasteiger partial charge on any atom is -0.342 e. The summed E-state index contributed by atoms with van der Waals surface area (Å²) in [5.74, 6) is -1.15. The van der Waals surface area contributed by atoms with Crippen LogP contribution in [-0.2, 0) is 16.0 Å². The predicted octanol–water partition coefficient (Wildman–Crippen LogP) is 3.27. The van der Waals surface area contributed by atoms with E-state index in [1.165, 1.54) is 0 Å². The highest BCUT2D eigenvalue weighted by molar-refractivity contribution is 5.82. The van der Waals surface area contributed by atoms with Crippen molar-refractivity contribution in [3.8, 4) is 0 Å². The van der Waals surface area contributed by atoms with E-state index in [-0.39, 0.29) is 25.4 Å². The molecule has 0 spiro atoms. The second kappa shape index (κ2) is 9.05. The summed E-state index contributed by atoms with van der Waals surface area (Å²) in [5, 5.41) is 0. The maximum absolute atomic E-state index is 12.7. The molecule has 0 aromatic heterocycles. The Morgan fingerprint density at radius 2 is 1.92 bits per heavy atom. The van der Waals surface area contributed by atoms with Gasteiger partial charge < -0.3 is 9.80 Å². The Hall–Kier alpha value is -2.05. The second-order valence-corrected chi connectivity index (χ2v) is 6.72. The van der Waals surface area contributed by atoms with Crippen molar-refractivity contribution in [2.24, 2.45) is 5.92 Å². The van der Waals surface area contributed by atoms with Crippen LogP contribution in [0.3, 0.4) is 0 Å². The molecule has 0 bridgehead atoms. The van der Waals surface area contributed by atoms with Crippen molar-refractivity contribution in [3.05, 3.63) is 35.9 Å². The molecule has 26 heavy (non-hydrogen) atoms. The van der Waals surface area contributed by atoms with Gasteiger partial charge in [0.2, 0.25) is 11.8 Å². The molecule has 1 atom stereocenters. The number of benzene rings is 1. The average molecular weight is 370 g/mol. The van der Waals surface area contributed by atoms with E-state index < -0.39 is 24.5 Å². The predicted molar refractivity (Wildman–Crippen MR) is 92.4 cm³/mol. The van der Waals surface area contributed by atoms with Crippen LogP contribution >= 0.6 is 0 Å². The third-order valence-corrected chi connectivity index (χ3v) is 4.50. The van der Waals surface area contributed by atoms with Gasteiger partial charge in [0.15, 0.2) is 0 Å². The van der Waals surface area contributed by atoms with E-state index in [0.29, 0.717) is 25.8 Å². The molecule has 1 aromatic rings. The van der Waals surface area contributed by atoms with E-state index in [1.807, 2.05) is 30.3 Å². The number of carbonyl (C=O) groups excluding carboxylic acids is 2. The summed E-state index contributed by atoms with van der Waals surface area (Å²) in [4.78, 5) is 27.6. The van der Waals surface area contributed by atoms with Crippen molar-refractivity contribution in [2.75, 3.05) is 26.2 Å². The highest BCUT2D eigenvalue weighted by Crippen LogP contribution is 2.23. The molecule has 1 aliphatic heterocycles. The molecule has 0 aliphatic carbocycles. The number of likely N-dealkylation sites (tertiary alicyclic amines) is 1. The standard InChI is InChI=1S/C19H25F3N2O2/c1-2-10-24(14-19(20,21)22)18(26)16-9-6-11-23(13-16)17(25)12-15-7-4-3-5-8-15/h3-5,7-8,16H,2,6,9-14H2,1H3. The van der Waals surface area contributed by atoms with Gasteiger partial charge in [-0.2, -0.15) is 13.2 Å². The van der Waals surface area contributed by atoms with Crippen LogP contribution < -0.4 is 0 Å². The number of halogens is 3. The summed E-state index contributed by atoms with van der Waals surface area (Å²) in [6.07, 6.45) is -2.56. The van der Waals surface area contributed by atoms with E-state index in [4.69, 9.17) is 0 Å². The fourth-order valence-electron chi connectivity index (χ4n) is 3.30. The van der Waals surface area contributed by atoms with Gasteiger partial charge in [0.1, 0.15) is 6.54 Å². The molecule has 0 radical (unpaired) electrons. The van der Waals surface area contributed by atoms with Gasteiger partial charge in [-0.05, 0) is 24.8 Å². The first-order valence-corrected chi connectivity index (χ1v) is 8.97. The molecule has 1 aliphatic rings. The molecule has 2 rings (SSSR count). The van der Waals surface area contributed by atoms with Crippen molar-refractivity contribution in [1.82, 2.24) is 9.80 Å². The maximum Gasteiger partial charge on any atom is 0.406 e. The zero-order valence-corrected chi connectivity index (χ0v) is 15.0. The van der Waals surface area contributed by atoms with Gasteiger partial charge in [0.25, 0.3) is 0 Å². The number of carbonyl (C=O) groups is 2. The number of piperidine rings is 1. The van der Waals surface area contributed by atoms with Gasteiger partial charge in [0, 0.05) is 19.6 Å². The molecule has 1 saturated heterocycles. The number of nitrogens with zero attached hydrogens (tertiary/aromatic N) is 2. The van der Waals surface area contributed by atoms with Gasteiger partial charge >= 0.3 is 6.18 Å². The third-order valence-electron chi connectivity index (χ3n) is 4.50. The zero-order chi connectivity index (χ0) is 19.2. The molecule has 2 amide bonds. The lowest BCUT2D eigenvalue weighted by atomic mass is 9.95. The number of rotatable bonds is 6. The number of hydrogen-bond donors (Lipinski definition) is 0. The third kappa shape index (κ3) is 6.04. The van der Waals surface area contributed by atoms with Gasteiger partial charge in [-0.15, -0.1) is 0 Å². The van der Waals surface area contributed by atoms with E-state index in [0.717, 1.165) is 10.5 Å². The molecule has 1 aromatic carbocycles. The van der Waals surface area contributed by atoms with Crippen LogP contribution in [-0.4, -0.2) is 54.0 Å². The molecule has 4 nitrogen and oxygen atoms in total. The molecule has 1 heterocycles. The average Bonchev–Trinajstić information content (AvgIpc) is 2.60. The molecular weight excluding hydrogens is 345 g/mol. The molecular formula is C19H25F3N2O2. The van der Waals surface area contributed by atoms with Crippen molar-refractivity contribution in [3.63, 3.8) is 0 Å². The number of hydrogen-bond acceptors (Lipinski definition) is 2. The monoisotopic (exact) mass is 370 g/mol. The molecule has 1 fully saturated rings. The fourth-order valence-corrected chi connectivity index (χ4v) is 3.30. The molecule has 0 N–H and O–H groups in total. The van der Waals surface area contributed by atoms with Gasteiger partial charge in [-0.25, -0.2) is 0 Å². The van der Waals surface area contributed by atoms with E-state index >= 15 is 0 Å². The Morgan fingerprint density at radius 1 is 1.23 bits per heavy atom. The highest BCUT2D eigenvalue weighted by atomic mass is 19.4. The lowest BCUT2D eigenvalue weighted by molar-refractivity contribution is -0.165. The maximum atomic E-state index is 12.7. The zero-order valence-electron chi connectivity index (χ0n) is 15.0. The Morgan fingerprint density at radius 3 is 2.54 bits per heavy atom. The first kappa shape index (κ1) is 20.3. The molecule has 1 unspecified atom stereocenters. The van der Waals surface area contributed by atoms with Gasteiger partial charge in [0.05, 0.1) is 12.3 Å². The molecule has 0 saturated carbocycles. The van der Waals surface area contributed by atoms with Crippen LogP contribution in [0.1, 0.15) is 31.7 Å². The lowest BCUT2D eigenvalue weighted by Crippen LogP contribution is -2.49. The van der Waals surface area contributed by atoms with Crippen LogP contribution in [0.2, 0.25) is 0 Å². The summed E-state index contributed by atoms with van der Waals surface area (Å²) >= 11 is 0. The smallest absolute Gasteiger partial charge is 0.342 e. The minimum atomic E-state index is -4.41. The Balaban J connectivity index is 1.99. The Bertz CT molecular complexity index is 605.